The number of halogens is 3. The molecule has 0 radical (unpaired) electrons. The number of likely N-dealkylation sites (tertiary alicyclic amines) is 1. The van der Waals surface area contributed by atoms with Gasteiger partial charge in [-0.3, -0.25) is 10.3 Å². The molecular weight excluding hydrogens is 461 g/mol. The molecule has 3 rings (SSSR count). The molecule has 3 N–H and O–H groups in total. The third-order valence-corrected chi connectivity index (χ3v) is 5.98. The van der Waals surface area contributed by atoms with Crippen molar-refractivity contribution in [3.8, 4) is 11.1 Å². The van der Waals surface area contributed by atoms with Crippen LogP contribution < -0.4 is 16.5 Å². The molecule has 1 aromatic carbocycles. The van der Waals surface area contributed by atoms with Crippen LogP contribution in [0.5, 0.6) is 0 Å². The van der Waals surface area contributed by atoms with Gasteiger partial charge in [0.2, 0.25) is 0 Å². The van der Waals surface area contributed by atoms with Crippen LogP contribution in [0.1, 0.15) is 13.3 Å². The Balaban J connectivity index is 1.81. The Kier molecular flexibility index (Phi) is 8.41. The first kappa shape index (κ1) is 25.4. The van der Waals surface area contributed by atoms with Gasteiger partial charge < -0.3 is 10.6 Å². The van der Waals surface area contributed by atoms with Crippen LogP contribution in [0.15, 0.2) is 65.0 Å². The van der Waals surface area contributed by atoms with Crippen LogP contribution in [0.2, 0.25) is 0 Å². The standard InChI is InChI=1S/C24H27F3N6S/c1-4-21(16-7-9-32(13-16)22(34)10-15(2)28)30-14-31-24-18(6-5-8-33(24)29-3)17-11-19(25)23(27)20(26)12-17/h4-6,8,10-12,16,21,30H,1,3,7,9,13-14,28H2,2H3. The molecule has 0 amide bonds. The summed E-state index contributed by atoms with van der Waals surface area (Å²) < 4.78 is 42.5. The van der Waals surface area contributed by atoms with Gasteiger partial charge in [0.1, 0.15) is 4.99 Å². The van der Waals surface area contributed by atoms with Crippen LogP contribution in [-0.4, -0.2) is 47.1 Å². The lowest BCUT2D eigenvalue weighted by Gasteiger charge is -2.22. The fourth-order valence-corrected chi connectivity index (χ4v) is 4.28. The highest BCUT2D eigenvalue weighted by Crippen LogP contribution is 2.22. The first-order valence-corrected chi connectivity index (χ1v) is 11.1. The Bertz CT molecular complexity index is 1160. The molecule has 1 fully saturated rings. The fraction of sp³-hybridized carbons (Fsp3) is 0.292. The minimum atomic E-state index is -1.52. The summed E-state index contributed by atoms with van der Waals surface area (Å²) in [5.74, 6) is -3.82. The van der Waals surface area contributed by atoms with E-state index in [0.29, 0.717) is 21.7 Å². The van der Waals surface area contributed by atoms with Crippen molar-refractivity contribution in [1.82, 2.24) is 14.9 Å². The van der Waals surface area contributed by atoms with Crippen LogP contribution in [0, 0.1) is 23.4 Å². The maximum Gasteiger partial charge on any atom is 0.194 e. The van der Waals surface area contributed by atoms with Crippen LogP contribution in [0.25, 0.3) is 11.1 Å². The highest BCUT2D eigenvalue weighted by Gasteiger charge is 2.28. The van der Waals surface area contributed by atoms with Gasteiger partial charge >= 0.3 is 0 Å². The molecule has 0 aliphatic carbocycles. The SMILES string of the molecule is C=CC(NCN=c1c(-c2cc(F)c(F)c(F)c2)cccn1N=C)C1CCN(C(=S)C=C(C)N)C1. The van der Waals surface area contributed by atoms with Crippen molar-refractivity contribution in [1.29, 1.82) is 0 Å². The van der Waals surface area contributed by atoms with E-state index in [1.165, 1.54) is 4.68 Å². The molecule has 1 saturated heterocycles. The van der Waals surface area contributed by atoms with Crippen molar-refractivity contribution in [3.05, 3.63) is 77.8 Å². The molecule has 0 bridgehead atoms. The Labute approximate surface area is 202 Å². The molecule has 6 nitrogen and oxygen atoms in total. The van der Waals surface area contributed by atoms with E-state index in [1.54, 1.807) is 31.3 Å². The average molecular weight is 489 g/mol. The molecule has 1 aromatic heterocycles. The Morgan fingerprint density at radius 1 is 1.35 bits per heavy atom. The van der Waals surface area contributed by atoms with E-state index in [4.69, 9.17) is 18.0 Å². The van der Waals surface area contributed by atoms with Gasteiger partial charge in [0.05, 0.1) is 6.67 Å². The van der Waals surface area contributed by atoms with Crippen molar-refractivity contribution in [3.63, 3.8) is 0 Å². The summed E-state index contributed by atoms with van der Waals surface area (Å²) in [5, 5.41) is 7.24. The van der Waals surface area contributed by atoms with E-state index in [9.17, 15) is 13.2 Å². The Morgan fingerprint density at radius 3 is 2.68 bits per heavy atom. The number of benzene rings is 1. The van der Waals surface area contributed by atoms with Crippen LogP contribution in [0.3, 0.4) is 0 Å². The maximum atomic E-state index is 13.8. The molecule has 34 heavy (non-hydrogen) atoms. The van der Waals surface area contributed by atoms with Crippen LogP contribution in [0.4, 0.5) is 13.2 Å². The molecule has 180 valence electrons. The molecule has 0 saturated carbocycles. The molecule has 2 unspecified atom stereocenters. The first-order chi connectivity index (χ1) is 16.2. The molecular formula is C24H27F3N6S. The molecule has 2 heterocycles. The smallest absolute Gasteiger partial charge is 0.194 e. The van der Waals surface area contributed by atoms with Gasteiger partial charge in [0, 0.05) is 43.3 Å². The van der Waals surface area contributed by atoms with E-state index in [2.05, 4.69) is 33.6 Å². The van der Waals surface area contributed by atoms with Gasteiger partial charge in [-0.05, 0) is 55.2 Å². The second kappa shape index (κ2) is 11.3. The third kappa shape index (κ3) is 5.81. The van der Waals surface area contributed by atoms with Crippen molar-refractivity contribution in [2.24, 2.45) is 21.7 Å². The molecule has 10 heteroatoms. The van der Waals surface area contributed by atoms with Crippen molar-refractivity contribution < 1.29 is 13.2 Å². The number of nitrogens with one attached hydrogen (secondary N) is 1. The van der Waals surface area contributed by atoms with Crippen LogP contribution >= 0.6 is 12.2 Å². The van der Waals surface area contributed by atoms with Gasteiger partial charge in [-0.2, -0.15) is 5.10 Å². The summed E-state index contributed by atoms with van der Waals surface area (Å²) >= 11 is 5.44. The molecule has 2 atom stereocenters. The van der Waals surface area contributed by atoms with Gasteiger partial charge in [-0.1, -0.05) is 18.3 Å². The van der Waals surface area contributed by atoms with Crippen LogP contribution in [-0.2, 0) is 0 Å². The summed E-state index contributed by atoms with van der Waals surface area (Å²) in [6, 6.07) is 5.06. The fourth-order valence-electron chi connectivity index (χ4n) is 3.93. The summed E-state index contributed by atoms with van der Waals surface area (Å²) in [7, 11) is 0. The van der Waals surface area contributed by atoms with E-state index in [1.807, 2.05) is 6.08 Å². The van der Waals surface area contributed by atoms with E-state index in [0.717, 1.165) is 31.6 Å². The molecule has 1 aliphatic heterocycles. The monoisotopic (exact) mass is 488 g/mol. The lowest BCUT2D eigenvalue weighted by atomic mass is 9.99. The number of thiocarbonyl (C=S) groups is 1. The lowest BCUT2D eigenvalue weighted by Crippen LogP contribution is -2.37. The second-order valence-electron chi connectivity index (χ2n) is 7.99. The minimum absolute atomic E-state index is 0.0440. The third-order valence-electron chi connectivity index (χ3n) is 5.60. The zero-order valence-electron chi connectivity index (χ0n) is 18.8. The number of rotatable bonds is 8. The van der Waals surface area contributed by atoms with Gasteiger partial charge in [0.25, 0.3) is 0 Å². The highest BCUT2D eigenvalue weighted by molar-refractivity contribution is 7.80. The number of nitrogens with two attached hydrogens (primary N) is 1. The summed E-state index contributed by atoms with van der Waals surface area (Å²) in [5.41, 5.74) is 7.23. The van der Waals surface area contributed by atoms with E-state index >= 15 is 0 Å². The van der Waals surface area contributed by atoms with Crippen molar-refractivity contribution >= 4 is 23.9 Å². The zero-order chi connectivity index (χ0) is 24.8. The first-order valence-electron chi connectivity index (χ1n) is 10.7. The summed E-state index contributed by atoms with van der Waals surface area (Å²) in [6.07, 6.45) is 6.13. The Hall–Kier alpha value is -3.24. The topological polar surface area (TPSA) is 70.9 Å². The second-order valence-corrected chi connectivity index (χ2v) is 8.41. The Morgan fingerprint density at radius 2 is 2.06 bits per heavy atom. The lowest BCUT2D eigenvalue weighted by molar-refractivity contribution is 0.410. The minimum Gasteiger partial charge on any atom is -0.402 e. The molecule has 1 aliphatic rings. The summed E-state index contributed by atoms with van der Waals surface area (Å²) in [4.78, 5) is 7.37. The maximum absolute atomic E-state index is 13.8. The van der Waals surface area contributed by atoms with Gasteiger partial charge in [-0.15, -0.1) is 6.58 Å². The quantitative estimate of drug-likeness (QED) is 0.196. The zero-order valence-corrected chi connectivity index (χ0v) is 19.7. The number of allylic oxidation sites excluding steroid dienone is 1. The largest absolute Gasteiger partial charge is 0.402 e. The van der Waals surface area contributed by atoms with Gasteiger partial charge in [0.15, 0.2) is 22.9 Å². The predicted molar refractivity (Wildman–Crippen MR) is 132 cm³/mol. The van der Waals surface area contributed by atoms with Crippen molar-refractivity contribution in [2.45, 2.75) is 19.4 Å². The number of hydrogen-bond acceptors (Lipinski definition) is 5. The number of pyridine rings is 1. The molecule has 2 aromatic rings. The average Bonchev–Trinajstić information content (AvgIpc) is 3.29. The summed E-state index contributed by atoms with van der Waals surface area (Å²) in [6.45, 7) is 11.0. The number of hydrogen-bond donors (Lipinski definition) is 2. The normalized spacial score (nSPS) is 17.6. The van der Waals surface area contributed by atoms with E-state index < -0.39 is 17.5 Å². The molecule has 0 spiro atoms. The predicted octanol–water partition coefficient (Wildman–Crippen LogP) is 3.55. The highest BCUT2D eigenvalue weighted by atomic mass is 32.1. The van der Waals surface area contributed by atoms with Crippen molar-refractivity contribution in [2.75, 3.05) is 19.8 Å². The number of nitrogens with zero attached hydrogens (tertiary/aromatic N) is 4. The van der Waals surface area contributed by atoms with E-state index in [-0.39, 0.29) is 24.2 Å². The van der Waals surface area contributed by atoms with Gasteiger partial charge in [-0.25, -0.2) is 17.8 Å². The number of aromatic nitrogens is 1.